The molecule has 2 saturated heterocycles. The Bertz CT molecular complexity index is 1220. The van der Waals surface area contributed by atoms with Crippen LogP contribution in [0.3, 0.4) is 0 Å². The molecule has 14 heteroatoms. The molecule has 0 aliphatic carbocycles. The van der Waals surface area contributed by atoms with Gasteiger partial charge in [0.1, 0.15) is 0 Å². The zero-order valence-corrected chi connectivity index (χ0v) is 24.3. The molecule has 5 nitrogen and oxygen atoms in total. The highest BCUT2D eigenvalue weighted by molar-refractivity contribution is 7.99. The van der Waals surface area contributed by atoms with Gasteiger partial charge in [0.2, 0.25) is 0 Å². The van der Waals surface area contributed by atoms with Crippen LogP contribution >= 0.6 is 35.0 Å². The van der Waals surface area contributed by atoms with Crippen molar-refractivity contribution in [1.29, 1.82) is 0 Å². The van der Waals surface area contributed by atoms with Crippen LogP contribution in [-0.2, 0) is 12.4 Å². The summed E-state index contributed by atoms with van der Waals surface area (Å²) in [6.45, 7) is 2.05. The number of hydrogen-bond acceptors (Lipinski definition) is 5. The van der Waals surface area contributed by atoms with Gasteiger partial charge >= 0.3 is 12.4 Å². The predicted molar refractivity (Wildman–Crippen MR) is 145 cm³/mol. The van der Waals surface area contributed by atoms with Crippen LogP contribution in [0.4, 0.5) is 26.3 Å². The maximum atomic E-state index is 13.4. The van der Waals surface area contributed by atoms with Gasteiger partial charge in [0.15, 0.2) is 0 Å². The van der Waals surface area contributed by atoms with E-state index in [-0.39, 0.29) is 29.7 Å². The fraction of sp³-hybridized carbons (Fsp3) is 0.519. The molecule has 0 aromatic heterocycles. The number of rotatable bonds is 8. The van der Waals surface area contributed by atoms with Crippen LogP contribution in [0.2, 0.25) is 10.0 Å². The van der Waals surface area contributed by atoms with Gasteiger partial charge < -0.3 is 10.0 Å². The summed E-state index contributed by atoms with van der Waals surface area (Å²) in [5.41, 5.74) is -3.11. The number of hydrogen-bond donors (Lipinski definition) is 0. The first-order valence-corrected chi connectivity index (χ1v) is 14.8. The number of likely N-dealkylation sites (N-methyl/N-ethyl adjacent to an activating group) is 1. The monoisotopic (exact) mass is 642 g/mol. The summed E-state index contributed by atoms with van der Waals surface area (Å²) < 4.78 is 80.2. The average molecular weight is 644 g/mol. The Hall–Kier alpha value is -1.70. The number of alkyl halides is 6. The molecule has 1 amide bonds. The third-order valence-electron chi connectivity index (χ3n) is 7.46. The molecule has 226 valence electrons. The normalized spacial score (nSPS) is 21.4. The van der Waals surface area contributed by atoms with Crippen molar-refractivity contribution >= 4 is 40.9 Å². The molecule has 2 aliphatic rings. The van der Waals surface area contributed by atoms with Crippen LogP contribution in [0.5, 0.6) is 0 Å². The number of nitrogens with zero attached hydrogens (tertiary/aromatic N) is 3. The summed E-state index contributed by atoms with van der Waals surface area (Å²) in [6.07, 6.45) is -9.56. The summed E-state index contributed by atoms with van der Waals surface area (Å²) in [5.74, 6) is 0.0590. The van der Waals surface area contributed by atoms with E-state index in [1.165, 1.54) is 7.05 Å². The second-order valence-corrected chi connectivity index (χ2v) is 12.2. The minimum absolute atomic E-state index is 0.00255. The SMILES string of the molecule is CN(C[C@@H](CCN1CCC1N1CCSCC1[O-])c1ccc(Cl)c(Cl)c1)C(=O)c1cc(C(F)(F)F)cc(C(F)(F)F)c1. The van der Waals surface area contributed by atoms with E-state index in [4.69, 9.17) is 23.2 Å². The van der Waals surface area contributed by atoms with E-state index in [0.717, 1.165) is 23.6 Å². The summed E-state index contributed by atoms with van der Waals surface area (Å²) in [7, 11) is 1.33. The maximum Gasteiger partial charge on any atom is 0.416 e. The minimum Gasteiger partial charge on any atom is -0.840 e. The zero-order valence-electron chi connectivity index (χ0n) is 21.9. The molecule has 41 heavy (non-hydrogen) atoms. The van der Waals surface area contributed by atoms with E-state index in [9.17, 15) is 36.2 Å². The fourth-order valence-corrected chi connectivity index (χ4v) is 6.37. The summed E-state index contributed by atoms with van der Waals surface area (Å²) in [4.78, 5) is 18.4. The van der Waals surface area contributed by atoms with E-state index in [1.807, 2.05) is 4.90 Å². The molecule has 2 heterocycles. The molecule has 2 aromatic carbocycles. The molecule has 4 rings (SSSR count). The predicted octanol–water partition coefficient (Wildman–Crippen LogP) is 6.04. The van der Waals surface area contributed by atoms with Gasteiger partial charge in [-0.15, -0.1) is 0 Å². The molecule has 0 N–H and O–H groups in total. The Kier molecular flexibility index (Phi) is 10.1. The van der Waals surface area contributed by atoms with Crippen molar-refractivity contribution in [2.24, 2.45) is 0 Å². The Morgan fingerprint density at radius 3 is 2.24 bits per heavy atom. The zero-order chi connectivity index (χ0) is 30.1. The van der Waals surface area contributed by atoms with Crippen molar-refractivity contribution in [1.82, 2.24) is 14.7 Å². The van der Waals surface area contributed by atoms with Crippen LogP contribution in [0.15, 0.2) is 36.4 Å². The van der Waals surface area contributed by atoms with Crippen molar-refractivity contribution < 1.29 is 36.2 Å². The van der Waals surface area contributed by atoms with E-state index in [0.29, 0.717) is 48.0 Å². The third-order valence-corrected chi connectivity index (χ3v) is 9.19. The molecule has 2 unspecified atom stereocenters. The molecule has 0 spiro atoms. The lowest BCUT2D eigenvalue weighted by atomic mass is 9.93. The average Bonchev–Trinajstić information content (AvgIpc) is 2.88. The Balaban J connectivity index is 1.54. The number of carbonyl (C=O) groups is 1. The van der Waals surface area contributed by atoms with Gasteiger partial charge in [-0.1, -0.05) is 35.5 Å². The second-order valence-electron chi connectivity index (χ2n) is 10.2. The quantitative estimate of drug-likeness (QED) is 0.329. The topological polar surface area (TPSA) is 49.9 Å². The molecule has 2 fully saturated rings. The molecule has 2 aliphatic heterocycles. The standard InChI is InChI=1S/C27H28Cl2F6N3O2S/c1-36(25(40)18-10-19(26(30,31)32)13-20(11-18)27(33,34)35)14-17(16-2-3-21(28)22(29)12-16)4-6-37-7-5-23(37)38-8-9-41-15-24(38)39/h2-3,10-13,17,23-24H,4-9,14-15H2,1H3/q-1/t17-,23?,24?/m1/s1. The molecule has 0 bridgehead atoms. The van der Waals surface area contributed by atoms with E-state index in [1.54, 1.807) is 30.0 Å². The Labute approximate surface area is 248 Å². The summed E-state index contributed by atoms with van der Waals surface area (Å²) >= 11 is 13.9. The maximum absolute atomic E-state index is 13.4. The van der Waals surface area contributed by atoms with Crippen LogP contribution in [0, 0.1) is 0 Å². The van der Waals surface area contributed by atoms with E-state index < -0.39 is 41.2 Å². The number of carbonyl (C=O) groups excluding carboxylic acids is 1. The number of halogens is 8. The van der Waals surface area contributed by atoms with Gasteiger partial charge in [-0.05, 0) is 54.5 Å². The van der Waals surface area contributed by atoms with Gasteiger partial charge in [0.05, 0.1) is 27.3 Å². The van der Waals surface area contributed by atoms with Crippen molar-refractivity contribution in [2.45, 2.75) is 43.5 Å². The second kappa shape index (κ2) is 12.9. The highest BCUT2D eigenvalue weighted by Gasteiger charge is 2.38. The van der Waals surface area contributed by atoms with Crippen LogP contribution in [0.25, 0.3) is 0 Å². The first-order chi connectivity index (χ1) is 19.1. The summed E-state index contributed by atoms with van der Waals surface area (Å²) in [6, 6.07) is 5.82. The molecule has 0 saturated carbocycles. The fourth-order valence-electron chi connectivity index (χ4n) is 5.16. The smallest absolute Gasteiger partial charge is 0.416 e. The third kappa shape index (κ3) is 7.83. The number of benzene rings is 2. The first-order valence-electron chi connectivity index (χ1n) is 12.9. The first kappa shape index (κ1) is 32.2. The van der Waals surface area contributed by atoms with Gasteiger partial charge in [-0.25, -0.2) is 0 Å². The largest absolute Gasteiger partial charge is 0.840 e. The van der Waals surface area contributed by atoms with Crippen molar-refractivity contribution in [3.63, 3.8) is 0 Å². The van der Waals surface area contributed by atoms with E-state index in [2.05, 4.69) is 4.90 Å². The number of likely N-dealkylation sites (tertiary alicyclic amines) is 1. The van der Waals surface area contributed by atoms with Crippen LogP contribution < -0.4 is 5.11 Å². The molecule has 0 radical (unpaired) electrons. The van der Waals surface area contributed by atoms with Gasteiger partial charge in [-0.2, -0.15) is 38.1 Å². The number of amides is 1. The molecule has 3 atom stereocenters. The molecular weight excluding hydrogens is 615 g/mol. The van der Waals surface area contributed by atoms with Gasteiger partial charge in [0.25, 0.3) is 5.91 Å². The van der Waals surface area contributed by atoms with E-state index >= 15 is 0 Å². The highest BCUT2D eigenvalue weighted by Crippen LogP contribution is 2.37. The van der Waals surface area contributed by atoms with Crippen LogP contribution in [-0.4, -0.2) is 77.7 Å². The Morgan fingerprint density at radius 1 is 1.05 bits per heavy atom. The Morgan fingerprint density at radius 2 is 1.71 bits per heavy atom. The van der Waals surface area contributed by atoms with Crippen molar-refractivity contribution in [2.75, 3.05) is 44.7 Å². The van der Waals surface area contributed by atoms with Gasteiger partial charge in [0, 0.05) is 50.5 Å². The highest BCUT2D eigenvalue weighted by atomic mass is 35.5. The minimum atomic E-state index is -5.07. The lowest BCUT2D eigenvalue weighted by Crippen LogP contribution is -2.65. The lowest BCUT2D eigenvalue weighted by molar-refractivity contribution is -0.459. The van der Waals surface area contributed by atoms with Gasteiger partial charge in [-0.3, -0.25) is 14.6 Å². The van der Waals surface area contributed by atoms with Crippen molar-refractivity contribution in [3.05, 3.63) is 68.7 Å². The number of thioether (sulfide) groups is 1. The lowest BCUT2D eigenvalue weighted by Gasteiger charge is -2.54. The molecule has 2 aromatic rings. The summed E-state index contributed by atoms with van der Waals surface area (Å²) in [5, 5.41) is 13.1. The van der Waals surface area contributed by atoms with Crippen LogP contribution in [0.1, 0.15) is 45.8 Å². The van der Waals surface area contributed by atoms with Crippen molar-refractivity contribution in [3.8, 4) is 0 Å². The molecular formula is C27H28Cl2F6N3O2S-.